The van der Waals surface area contributed by atoms with Gasteiger partial charge in [0, 0.05) is 11.8 Å². The largest absolute Gasteiger partial charge is 0.464 e. The molecule has 102 valence electrons. The predicted octanol–water partition coefficient (Wildman–Crippen LogP) is 5.46. The molecule has 3 rings (SSSR count). The van der Waals surface area contributed by atoms with E-state index in [1.54, 1.807) is 12.1 Å². The summed E-state index contributed by atoms with van der Waals surface area (Å²) in [6.07, 6.45) is 0.827. The van der Waals surface area contributed by atoms with Crippen molar-refractivity contribution in [3.63, 3.8) is 0 Å². The topological polar surface area (TPSA) is 13.1 Å². The van der Waals surface area contributed by atoms with Gasteiger partial charge in [-0.15, -0.1) is 11.6 Å². The molecule has 0 N–H and O–H groups in total. The fraction of sp³-hybridized carbons (Fsp3) is 0.176. The molecule has 1 unspecified atom stereocenters. The van der Waals surface area contributed by atoms with Gasteiger partial charge in [0.2, 0.25) is 0 Å². The summed E-state index contributed by atoms with van der Waals surface area (Å²) in [5.74, 6) is 1.36. The molecule has 0 saturated carbocycles. The minimum atomic E-state index is -0.416. The molecule has 0 aliphatic carbocycles. The Hall–Kier alpha value is -1.80. The number of rotatable bonds is 3. The highest BCUT2D eigenvalue weighted by Gasteiger charge is 2.18. The number of hydrogen-bond donors (Lipinski definition) is 0. The fourth-order valence-electron chi connectivity index (χ4n) is 2.38. The van der Waals surface area contributed by atoms with E-state index in [4.69, 9.17) is 16.0 Å². The maximum atomic E-state index is 13.8. The van der Waals surface area contributed by atoms with Crippen LogP contribution in [0.4, 0.5) is 4.39 Å². The van der Waals surface area contributed by atoms with Crippen LogP contribution in [0.5, 0.6) is 0 Å². The third-order valence-corrected chi connectivity index (χ3v) is 3.91. The van der Waals surface area contributed by atoms with Gasteiger partial charge in [-0.3, -0.25) is 0 Å². The summed E-state index contributed by atoms with van der Waals surface area (Å²) < 4.78 is 19.5. The summed E-state index contributed by atoms with van der Waals surface area (Å²) in [7, 11) is 0. The summed E-state index contributed by atoms with van der Waals surface area (Å²) >= 11 is 6.52. The van der Waals surface area contributed by atoms with Crippen molar-refractivity contribution in [1.82, 2.24) is 0 Å². The maximum absolute atomic E-state index is 13.8. The molecule has 0 saturated heterocycles. The Labute approximate surface area is 122 Å². The molecule has 2 aromatic carbocycles. The van der Waals surface area contributed by atoms with Crippen molar-refractivity contribution >= 4 is 22.4 Å². The number of halogens is 2. The zero-order valence-electron chi connectivity index (χ0n) is 11.1. The predicted molar refractivity (Wildman–Crippen MR) is 79.7 cm³/mol. The van der Waals surface area contributed by atoms with Crippen molar-refractivity contribution in [3.05, 3.63) is 71.4 Å². The van der Waals surface area contributed by atoms with Crippen LogP contribution in [0.25, 0.3) is 10.8 Å². The highest BCUT2D eigenvalue weighted by Crippen LogP contribution is 2.35. The molecule has 0 bridgehead atoms. The molecule has 1 aromatic heterocycles. The first-order valence-electron chi connectivity index (χ1n) is 6.60. The van der Waals surface area contributed by atoms with Gasteiger partial charge < -0.3 is 4.42 Å². The standard InChI is InChI=1S/C17H14ClFO/c1-2-11-7-10-16(20-11)17(18)14-8-9-15(19)13-6-4-3-5-12(13)14/h3-10,17H,2H2,1H3. The molecule has 0 radical (unpaired) electrons. The second-order valence-electron chi connectivity index (χ2n) is 4.70. The molecule has 20 heavy (non-hydrogen) atoms. The van der Waals surface area contributed by atoms with E-state index >= 15 is 0 Å². The molecule has 3 aromatic rings. The minimum absolute atomic E-state index is 0.234. The third-order valence-electron chi connectivity index (χ3n) is 3.46. The average molecular weight is 289 g/mol. The number of furan rings is 1. The Morgan fingerprint density at radius 2 is 1.80 bits per heavy atom. The van der Waals surface area contributed by atoms with Crippen molar-refractivity contribution in [1.29, 1.82) is 0 Å². The molecule has 0 aliphatic rings. The van der Waals surface area contributed by atoms with Gasteiger partial charge in [0.1, 0.15) is 22.7 Å². The normalized spacial score (nSPS) is 12.8. The summed E-state index contributed by atoms with van der Waals surface area (Å²) in [5, 5.41) is 0.987. The summed E-state index contributed by atoms with van der Waals surface area (Å²) in [5.41, 5.74) is 0.862. The lowest BCUT2D eigenvalue weighted by Crippen LogP contribution is -1.94. The summed E-state index contributed by atoms with van der Waals surface area (Å²) in [6, 6.07) is 14.3. The van der Waals surface area contributed by atoms with Crippen LogP contribution in [-0.2, 0) is 6.42 Å². The van der Waals surface area contributed by atoms with Gasteiger partial charge in [0.05, 0.1) is 0 Å². The van der Waals surface area contributed by atoms with Crippen LogP contribution in [0.15, 0.2) is 52.9 Å². The Bertz CT molecular complexity index is 748. The van der Waals surface area contributed by atoms with Crippen molar-refractivity contribution in [2.75, 3.05) is 0 Å². The van der Waals surface area contributed by atoms with Gasteiger partial charge in [-0.25, -0.2) is 4.39 Å². The first kappa shape index (κ1) is 13.2. The SMILES string of the molecule is CCc1ccc(C(Cl)c2ccc(F)c3ccccc23)o1. The molecule has 1 nitrogen and oxygen atoms in total. The zero-order valence-corrected chi connectivity index (χ0v) is 11.8. The van der Waals surface area contributed by atoms with Crippen LogP contribution in [0.2, 0.25) is 0 Å². The summed E-state index contributed by atoms with van der Waals surface area (Å²) in [4.78, 5) is 0. The van der Waals surface area contributed by atoms with Gasteiger partial charge in [0.15, 0.2) is 0 Å². The number of alkyl halides is 1. The average Bonchev–Trinajstić information content (AvgIpc) is 2.96. The molecule has 3 heteroatoms. The maximum Gasteiger partial charge on any atom is 0.131 e. The lowest BCUT2D eigenvalue weighted by Gasteiger charge is -2.11. The van der Waals surface area contributed by atoms with Crippen LogP contribution in [-0.4, -0.2) is 0 Å². The molecule has 0 fully saturated rings. The van der Waals surface area contributed by atoms with Gasteiger partial charge in [-0.1, -0.05) is 37.3 Å². The van der Waals surface area contributed by atoms with Gasteiger partial charge in [0.25, 0.3) is 0 Å². The van der Waals surface area contributed by atoms with E-state index in [-0.39, 0.29) is 5.82 Å². The molecule has 0 spiro atoms. The zero-order chi connectivity index (χ0) is 14.1. The Morgan fingerprint density at radius 1 is 1.05 bits per heavy atom. The second-order valence-corrected chi connectivity index (χ2v) is 5.14. The molecular formula is C17H14ClFO. The number of benzene rings is 2. The van der Waals surface area contributed by atoms with Gasteiger partial charge in [-0.05, 0) is 29.1 Å². The Balaban J connectivity index is 2.12. The van der Waals surface area contributed by atoms with Crippen LogP contribution in [0.3, 0.4) is 0 Å². The van der Waals surface area contributed by atoms with Gasteiger partial charge in [-0.2, -0.15) is 0 Å². The fourth-order valence-corrected chi connectivity index (χ4v) is 2.69. The van der Waals surface area contributed by atoms with Crippen LogP contribution in [0.1, 0.15) is 29.4 Å². The minimum Gasteiger partial charge on any atom is -0.464 e. The molecule has 0 amide bonds. The highest BCUT2D eigenvalue weighted by atomic mass is 35.5. The molecule has 1 heterocycles. The van der Waals surface area contributed by atoms with E-state index in [0.717, 1.165) is 23.1 Å². The number of hydrogen-bond acceptors (Lipinski definition) is 1. The van der Waals surface area contributed by atoms with Crippen LogP contribution in [0, 0.1) is 5.82 Å². The Morgan fingerprint density at radius 3 is 2.50 bits per heavy atom. The quantitative estimate of drug-likeness (QED) is 0.583. The van der Waals surface area contributed by atoms with Crippen molar-refractivity contribution in [2.24, 2.45) is 0 Å². The third kappa shape index (κ3) is 2.20. The Kier molecular flexibility index (Phi) is 3.49. The van der Waals surface area contributed by atoms with E-state index < -0.39 is 5.38 Å². The van der Waals surface area contributed by atoms with Gasteiger partial charge >= 0.3 is 0 Å². The molecular weight excluding hydrogens is 275 g/mol. The van der Waals surface area contributed by atoms with E-state index in [1.165, 1.54) is 6.07 Å². The van der Waals surface area contributed by atoms with Crippen LogP contribution < -0.4 is 0 Å². The van der Waals surface area contributed by atoms with E-state index in [2.05, 4.69) is 0 Å². The van der Waals surface area contributed by atoms with E-state index in [9.17, 15) is 4.39 Å². The smallest absolute Gasteiger partial charge is 0.131 e. The lowest BCUT2D eigenvalue weighted by atomic mass is 10.0. The molecule has 0 aliphatic heterocycles. The highest BCUT2D eigenvalue weighted by molar-refractivity contribution is 6.23. The lowest BCUT2D eigenvalue weighted by molar-refractivity contribution is 0.475. The van der Waals surface area contributed by atoms with E-state index in [0.29, 0.717) is 11.1 Å². The second kappa shape index (κ2) is 5.29. The molecule has 1 atom stereocenters. The van der Waals surface area contributed by atoms with Crippen LogP contribution >= 0.6 is 11.6 Å². The van der Waals surface area contributed by atoms with E-state index in [1.807, 2.05) is 37.3 Å². The summed E-state index contributed by atoms with van der Waals surface area (Å²) in [6.45, 7) is 2.03. The number of aryl methyl sites for hydroxylation is 1. The van der Waals surface area contributed by atoms with Crippen molar-refractivity contribution in [2.45, 2.75) is 18.7 Å². The monoisotopic (exact) mass is 288 g/mol. The van der Waals surface area contributed by atoms with Crippen molar-refractivity contribution in [3.8, 4) is 0 Å². The number of fused-ring (bicyclic) bond motifs is 1. The first-order chi connectivity index (χ1) is 9.70. The first-order valence-corrected chi connectivity index (χ1v) is 7.04. The van der Waals surface area contributed by atoms with Crippen molar-refractivity contribution < 1.29 is 8.81 Å².